The Labute approximate surface area is 112 Å². The van der Waals surface area contributed by atoms with E-state index in [0.29, 0.717) is 11.8 Å². The van der Waals surface area contributed by atoms with Crippen LogP contribution in [0.2, 0.25) is 0 Å². The number of hydrogen-bond acceptors (Lipinski definition) is 2. The van der Waals surface area contributed by atoms with Gasteiger partial charge in [-0.25, -0.2) is 0 Å². The minimum Gasteiger partial charge on any atom is -0.274 e. The van der Waals surface area contributed by atoms with Gasteiger partial charge in [-0.15, -0.1) is 0 Å². The van der Waals surface area contributed by atoms with Gasteiger partial charge in [0.15, 0.2) is 0 Å². The van der Waals surface area contributed by atoms with E-state index in [1.165, 1.54) is 4.90 Å². The Kier molecular flexibility index (Phi) is 2.17. The summed E-state index contributed by atoms with van der Waals surface area (Å²) >= 11 is 0. The molecule has 19 heavy (non-hydrogen) atoms. The number of aryl methyl sites for hydroxylation is 1. The Morgan fingerprint density at radius 2 is 1.68 bits per heavy atom. The molecule has 1 heterocycles. The van der Waals surface area contributed by atoms with Gasteiger partial charge >= 0.3 is 0 Å². The summed E-state index contributed by atoms with van der Waals surface area (Å²) in [5, 5.41) is 0. The van der Waals surface area contributed by atoms with Crippen molar-refractivity contribution in [2.45, 2.75) is 26.2 Å². The Balaban J connectivity index is 1.75. The number of benzene rings is 1. The maximum Gasteiger partial charge on any atom is 0.237 e. The molecule has 3 aliphatic rings. The van der Waals surface area contributed by atoms with Crippen molar-refractivity contribution < 1.29 is 9.59 Å². The first-order valence-corrected chi connectivity index (χ1v) is 7.11. The number of rotatable bonds is 1. The van der Waals surface area contributed by atoms with E-state index in [1.54, 1.807) is 0 Å². The molecule has 3 heteroatoms. The summed E-state index contributed by atoms with van der Waals surface area (Å²) in [6.07, 6.45) is 3.35. The standard InChI is InChI=1S/C16H17NO2/c1-9-3-2-4-12(7-9)17-15(18)13-10-5-6-11(8-10)14(13)16(17)19/h2-4,7,10-11,13-14H,5-6,8H2,1H3/t10-,11+,13-,14+. The van der Waals surface area contributed by atoms with Crippen molar-refractivity contribution in [1.82, 2.24) is 0 Å². The maximum atomic E-state index is 12.6. The monoisotopic (exact) mass is 255 g/mol. The topological polar surface area (TPSA) is 37.4 Å². The lowest BCUT2D eigenvalue weighted by Crippen LogP contribution is -2.32. The molecule has 4 rings (SSSR count). The fraction of sp³-hybridized carbons (Fsp3) is 0.500. The van der Waals surface area contributed by atoms with Gasteiger partial charge in [-0.05, 0) is 55.7 Å². The molecule has 0 N–H and O–H groups in total. The summed E-state index contributed by atoms with van der Waals surface area (Å²) in [6.45, 7) is 1.99. The molecule has 98 valence electrons. The van der Waals surface area contributed by atoms with Crippen LogP contribution in [-0.4, -0.2) is 11.8 Å². The lowest BCUT2D eigenvalue weighted by molar-refractivity contribution is -0.123. The zero-order valence-corrected chi connectivity index (χ0v) is 11.0. The number of fused-ring (bicyclic) bond motifs is 5. The van der Waals surface area contributed by atoms with Gasteiger partial charge in [0.05, 0.1) is 17.5 Å². The van der Waals surface area contributed by atoms with Crippen LogP contribution in [0.1, 0.15) is 24.8 Å². The molecule has 1 aromatic rings. The SMILES string of the molecule is Cc1cccc(N2C(=O)[C@@H]3[C@@H]4CC[C@@H](C4)[C@@H]3C2=O)c1. The van der Waals surface area contributed by atoms with Crippen molar-refractivity contribution >= 4 is 17.5 Å². The molecule has 0 unspecified atom stereocenters. The molecule has 0 radical (unpaired) electrons. The predicted octanol–water partition coefficient (Wildman–Crippen LogP) is 2.53. The van der Waals surface area contributed by atoms with E-state index in [9.17, 15) is 9.59 Å². The average molecular weight is 255 g/mol. The van der Waals surface area contributed by atoms with Gasteiger partial charge in [-0.2, -0.15) is 0 Å². The van der Waals surface area contributed by atoms with E-state index < -0.39 is 0 Å². The van der Waals surface area contributed by atoms with E-state index >= 15 is 0 Å². The molecule has 1 aliphatic heterocycles. The summed E-state index contributed by atoms with van der Waals surface area (Å²) in [6, 6.07) is 7.69. The summed E-state index contributed by atoms with van der Waals surface area (Å²) in [4.78, 5) is 26.7. The highest BCUT2D eigenvalue weighted by Gasteiger charge is 2.61. The van der Waals surface area contributed by atoms with E-state index in [2.05, 4.69) is 0 Å². The number of anilines is 1. The van der Waals surface area contributed by atoms with Crippen molar-refractivity contribution in [2.24, 2.45) is 23.7 Å². The van der Waals surface area contributed by atoms with Crippen LogP contribution in [-0.2, 0) is 9.59 Å². The van der Waals surface area contributed by atoms with Crippen LogP contribution in [0, 0.1) is 30.6 Å². The number of hydrogen-bond donors (Lipinski definition) is 0. The molecule has 3 fully saturated rings. The van der Waals surface area contributed by atoms with E-state index in [4.69, 9.17) is 0 Å². The molecule has 2 amide bonds. The molecule has 4 atom stereocenters. The zero-order chi connectivity index (χ0) is 13.1. The molecular weight excluding hydrogens is 238 g/mol. The van der Waals surface area contributed by atoms with Crippen LogP contribution in [0.15, 0.2) is 24.3 Å². The van der Waals surface area contributed by atoms with Gasteiger partial charge in [-0.1, -0.05) is 12.1 Å². The normalized spacial score (nSPS) is 36.2. The Morgan fingerprint density at radius 3 is 2.26 bits per heavy atom. The first kappa shape index (κ1) is 11.2. The number of carbonyl (C=O) groups is 2. The average Bonchev–Trinajstić information content (AvgIpc) is 3.04. The van der Waals surface area contributed by atoms with Crippen LogP contribution >= 0.6 is 0 Å². The van der Waals surface area contributed by atoms with Gasteiger partial charge < -0.3 is 0 Å². The molecule has 2 aliphatic carbocycles. The number of carbonyl (C=O) groups excluding carboxylic acids is 2. The minimum atomic E-state index is -0.0215. The van der Waals surface area contributed by atoms with Crippen molar-refractivity contribution in [1.29, 1.82) is 0 Å². The first-order valence-electron chi connectivity index (χ1n) is 7.11. The highest BCUT2D eigenvalue weighted by atomic mass is 16.2. The van der Waals surface area contributed by atoms with E-state index in [1.807, 2.05) is 31.2 Å². The predicted molar refractivity (Wildman–Crippen MR) is 71.5 cm³/mol. The Hall–Kier alpha value is -1.64. The molecule has 1 saturated heterocycles. The lowest BCUT2D eigenvalue weighted by atomic mass is 9.81. The summed E-state index contributed by atoms with van der Waals surface area (Å²) in [5.41, 5.74) is 1.84. The van der Waals surface area contributed by atoms with Crippen LogP contribution in [0.4, 0.5) is 5.69 Å². The fourth-order valence-electron chi connectivity index (χ4n) is 4.43. The van der Waals surface area contributed by atoms with Gasteiger partial charge in [0.25, 0.3) is 0 Å². The summed E-state index contributed by atoms with van der Waals surface area (Å²) in [7, 11) is 0. The highest BCUT2D eigenvalue weighted by Crippen LogP contribution is 2.56. The smallest absolute Gasteiger partial charge is 0.237 e. The van der Waals surface area contributed by atoms with Gasteiger partial charge in [0, 0.05) is 0 Å². The summed E-state index contributed by atoms with van der Waals surface area (Å²) < 4.78 is 0. The number of imide groups is 1. The largest absolute Gasteiger partial charge is 0.274 e. The highest BCUT2D eigenvalue weighted by molar-refractivity contribution is 6.22. The van der Waals surface area contributed by atoms with Crippen LogP contribution in [0.5, 0.6) is 0 Å². The third-order valence-electron chi connectivity index (χ3n) is 5.19. The Bertz CT molecular complexity index is 552. The van der Waals surface area contributed by atoms with Crippen molar-refractivity contribution in [3.63, 3.8) is 0 Å². The summed E-state index contributed by atoms with van der Waals surface area (Å²) in [5.74, 6) is 0.974. The third-order valence-corrected chi connectivity index (χ3v) is 5.19. The second-order valence-corrected chi connectivity index (χ2v) is 6.24. The fourth-order valence-corrected chi connectivity index (χ4v) is 4.43. The van der Waals surface area contributed by atoms with Crippen LogP contribution in [0.25, 0.3) is 0 Å². The first-order chi connectivity index (χ1) is 9.16. The van der Waals surface area contributed by atoms with E-state index in [-0.39, 0.29) is 23.7 Å². The van der Waals surface area contributed by atoms with Gasteiger partial charge in [-0.3, -0.25) is 14.5 Å². The Morgan fingerprint density at radius 1 is 1.05 bits per heavy atom. The molecular formula is C16H17NO2. The molecule has 0 spiro atoms. The third kappa shape index (κ3) is 1.38. The molecule has 1 aromatic carbocycles. The van der Waals surface area contributed by atoms with Crippen LogP contribution in [0.3, 0.4) is 0 Å². The molecule has 2 saturated carbocycles. The van der Waals surface area contributed by atoms with Crippen molar-refractivity contribution in [2.75, 3.05) is 4.90 Å². The minimum absolute atomic E-state index is 0.0215. The van der Waals surface area contributed by atoms with Crippen molar-refractivity contribution in [3.8, 4) is 0 Å². The zero-order valence-electron chi connectivity index (χ0n) is 11.0. The van der Waals surface area contributed by atoms with Crippen molar-refractivity contribution in [3.05, 3.63) is 29.8 Å². The molecule has 2 bridgehead atoms. The second-order valence-electron chi connectivity index (χ2n) is 6.24. The van der Waals surface area contributed by atoms with Gasteiger partial charge in [0.2, 0.25) is 11.8 Å². The maximum absolute atomic E-state index is 12.6. The van der Waals surface area contributed by atoms with Gasteiger partial charge in [0.1, 0.15) is 0 Å². The van der Waals surface area contributed by atoms with Crippen LogP contribution < -0.4 is 4.90 Å². The number of nitrogens with zero attached hydrogens (tertiary/aromatic N) is 1. The van der Waals surface area contributed by atoms with E-state index in [0.717, 1.165) is 30.5 Å². The number of amides is 2. The molecule has 3 nitrogen and oxygen atoms in total. The second kappa shape index (κ2) is 3.69. The quantitative estimate of drug-likeness (QED) is 0.723. The lowest BCUT2D eigenvalue weighted by Gasteiger charge is -2.19. The molecule has 0 aromatic heterocycles.